The van der Waals surface area contributed by atoms with Gasteiger partial charge in [0.1, 0.15) is 23.4 Å². The highest BCUT2D eigenvalue weighted by molar-refractivity contribution is 5.74. The van der Waals surface area contributed by atoms with Crippen LogP contribution in [-0.2, 0) is 41.9 Å². The molecule has 2 unspecified atom stereocenters. The maximum atomic E-state index is 13.6. The molecular formula is C26H22F6N4O5. The second-order valence-electron chi connectivity index (χ2n) is 9.10. The molecular weight excluding hydrogens is 562 g/mol. The molecule has 0 fully saturated rings. The van der Waals surface area contributed by atoms with Gasteiger partial charge in [0.25, 0.3) is 12.0 Å². The van der Waals surface area contributed by atoms with Crippen LogP contribution in [0.1, 0.15) is 34.7 Å². The van der Waals surface area contributed by atoms with E-state index in [2.05, 4.69) is 14.7 Å². The lowest BCUT2D eigenvalue weighted by Gasteiger charge is -2.30. The van der Waals surface area contributed by atoms with Crippen LogP contribution in [0.25, 0.3) is 0 Å². The lowest BCUT2D eigenvalue weighted by Crippen LogP contribution is -2.45. The fourth-order valence-electron chi connectivity index (χ4n) is 4.42. The standard InChI is InChI=1S/C26H22F6N4O5/c1-35-22-21(23(38)36(24(35)39)8-3-9-40-14-37)18(10-15-6-7-20(33-12-15)26(30,31)32)19(13-34-22)41-17-5-2-4-16(11-17)25(27,28)29/h2,4-7,11-14,18-19H,3,8-10H2,1H3. The predicted molar refractivity (Wildman–Crippen MR) is 132 cm³/mol. The third kappa shape index (κ3) is 6.49. The van der Waals surface area contributed by atoms with E-state index in [1.807, 2.05) is 0 Å². The minimum atomic E-state index is -4.68. The highest BCUT2D eigenvalue weighted by atomic mass is 19.4. The Bertz CT molecular complexity index is 1560. The molecule has 0 saturated heterocycles. The van der Waals surface area contributed by atoms with Crippen molar-refractivity contribution in [3.8, 4) is 5.75 Å². The van der Waals surface area contributed by atoms with Crippen molar-refractivity contribution in [2.75, 3.05) is 6.61 Å². The Morgan fingerprint density at radius 1 is 1.05 bits per heavy atom. The Morgan fingerprint density at radius 2 is 1.80 bits per heavy atom. The average molecular weight is 584 g/mol. The zero-order chi connectivity index (χ0) is 29.9. The van der Waals surface area contributed by atoms with Crippen LogP contribution in [0.15, 0.2) is 57.2 Å². The molecule has 15 heteroatoms. The van der Waals surface area contributed by atoms with Crippen LogP contribution in [0.4, 0.5) is 32.2 Å². The molecule has 3 heterocycles. The third-order valence-electron chi connectivity index (χ3n) is 6.38. The molecule has 0 radical (unpaired) electrons. The summed E-state index contributed by atoms with van der Waals surface area (Å²) in [4.78, 5) is 44.6. The van der Waals surface area contributed by atoms with Crippen LogP contribution in [-0.4, -0.2) is 39.5 Å². The maximum Gasteiger partial charge on any atom is 0.433 e. The molecule has 3 aromatic rings. The van der Waals surface area contributed by atoms with Crippen LogP contribution in [0.5, 0.6) is 5.75 Å². The summed E-state index contributed by atoms with van der Waals surface area (Å²) >= 11 is 0. The zero-order valence-corrected chi connectivity index (χ0v) is 21.3. The molecule has 1 aromatic carbocycles. The number of nitrogens with zero attached hydrogens (tertiary/aromatic N) is 4. The van der Waals surface area contributed by atoms with E-state index in [-0.39, 0.29) is 55.2 Å². The average Bonchev–Trinajstić information content (AvgIpc) is 2.91. The summed E-state index contributed by atoms with van der Waals surface area (Å²) in [6.45, 7) is 0.00656. The Labute approximate surface area is 227 Å². The van der Waals surface area contributed by atoms with E-state index in [9.17, 15) is 40.7 Å². The largest absolute Gasteiger partial charge is 0.484 e. The number of carbonyl (C=O) groups is 1. The Balaban J connectivity index is 1.79. The number of carbonyl (C=O) groups excluding carboxylic acids is 1. The van der Waals surface area contributed by atoms with E-state index in [1.165, 1.54) is 25.4 Å². The number of alkyl halides is 6. The number of hydrogen-bond acceptors (Lipinski definition) is 7. The molecule has 0 amide bonds. The Morgan fingerprint density at radius 3 is 2.44 bits per heavy atom. The number of aliphatic imine (C=N–C) groups is 1. The molecule has 0 aliphatic carbocycles. The first kappa shape index (κ1) is 29.6. The number of aromatic nitrogens is 3. The van der Waals surface area contributed by atoms with Gasteiger partial charge in [-0.1, -0.05) is 12.1 Å². The number of hydrogen-bond donors (Lipinski definition) is 0. The second kappa shape index (κ2) is 11.6. The van der Waals surface area contributed by atoms with Gasteiger partial charge in [-0.2, -0.15) is 26.3 Å². The quantitative estimate of drug-likeness (QED) is 0.214. The van der Waals surface area contributed by atoms with Crippen molar-refractivity contribution in [2.45, 2.75) is 43.8 Å². The lowest BCUT2D eigenvalue weighted by atomic mass is 9.87. The lowest BCUT2D eigenvalue weighted by molar-refractivity contribution is -0.141. The second-order valence-corrected chi connectivity index (χ2v) is 9.10. The number of rotatable bonds is 9. The van der Waals surface area contributed by atoms with Gasteiger partial charge in [0.2, 0.25) is 0 Å². The van der Waals surface area contributed by atoms with Crippen LogP contribution in [0.2, 0.25) is 0 Å². The van der Waals surface area contributed by atoms with Crippen molar-refractivity contribution < 1.29 is 40.6 Å². The maximum absolute atomic E-state index is 13.6. The third-order valence-corrected chi connectivity index (χ3v) is 6.38. The normalized spacial score (nSPS) is 16.8. The van der Waals surface area contributed by atoms with E-state index in [0.717, 1.165) is 39.6 Å². The number of benzene rings is 1. The van der Waals surface area contributed by atoms with Crippen molar-refractivity contribution >= 4 is 18.5 Å². The summed E-state index contributed by atoms with van der Waals surface area (Å²) < 4.78 is 91.4. The molecule has 9 nitrogen and oxygen atoms in total. The minimum Gasteiger partial charge on any atom is -0.484 e. The molecule has 2 aromatic heterocycles. The first-order valence-electron chi connectivity index (χ1n) is 12.1. The fourth-order valence-corrected chi connectivity index (χ4v) is 4.42. The summed E-state index contributed by atoms with van der Waals surface area (Å²) in [5.41, 5.74) is -3.36. The molecule has 41 heavy (non-hydrogen) atoms. The van der Waals surface area contributed by atoms with Gasteiger partial charge in [-0.05, 0) is 42.7 Å². The van der Waals surface area contributed by atoms with Crippen molar-refractivity contribution in [3.05, 3.63) is 85.8 Å². The highest BCUT2D eigenvalue weighted by Crippen LogP contribution is 2.36. The summed E-state index contributed by atoms with van der Waals surface area (Å²) in [5.74, 6) is -1.21. The van der Waals surface area contributed by atoms with Gasteiger partial charge in [-0.15, -0.1) is 0 Å². The van der Waals surface area contributed by atoms with E-state index in [0.29, 0.717) is 0 Å². The highest BCUT2D eigenvalue weighted by Gasteiger charge is 2.37. The molecule has 4 rings (SSSR count). The van der Waals surface area contributed by atoms with Crippen LogP contribution in [0, 0.1) is 0 Å². The first-order valence-corrected chi connectivity index (χ1v) is 12.1. The number of pyridine rings is 1. The fraction of sp³-hybridized carbons (Fsp3) is 0.346. The van der Waals surface area contributed by atoms with E-state index in [1.54, 1.807) is 0 Å². The number of fused-ring (bicyclic) bond motifs is 1. The SMILES string of the molecule is Cn1c2c(c(=O)n(CCCOC=O)c1=O)C(Cc1ccc(C(F)(F)F)nc1)C(Oc1cccc(C(F)(F)F)c1)C=N2. The van der Waals surface area contributed by atoms with E-state index >= 15 is 0 Å². The molecule has 0 spiro atoms. The van der Waals surface area contributed by atoms with Crippen molar-refractivity contribution in [2.24, 2.45) is 12.0 Å². The van der Waals surface area contributed by atoms with Gasteiger partial charge < -0.3 is 9.47 Å². The van der Waals surface area contributed by atoms with Gasteiger partial charge in [0.15, 0.2) is 0 Å². The Hall–Kier alpha value is -4.43. The summed E-state index contributed by atoms with van der Waals surface area (Å²) in [7, 11) is 1.36. The molecule has 0 saturated carbocycles. The summed E-state index contributed by atoms with van der Waals surface area (Å²) in [6.07, 6.45) is -8.29. The Kier molecular flexibility index (Phi) is 8.35. The van der Waals surface area contributed by atoms with E-state index in [4.69, 9.17) is 4.74 Å². The van der Waals surface area contributed by atoms with Crippen LogP contribution >= 0.6 is 0 Å². The summed E-state index contributed by atoms with van der Waals surface area (Å²) in [6, 6.07) is 5.97. The molecule has 2 atom stereocenters. The van der Waals surface area contributed by atoms with Crippen molar-refractivity contribution in [1.29, 1.82) is 0 Å². The minimum absolute atomic E-state index is 0.0252. The number of ether oxygens (including phenoxy) is 2. The van der Waals surface area contributed by atoms with E-state index < -0.39 is 46.9 Å². The monoisotopic (exact) mass is 584 g/mol. The van der Waals surface area contributed by atoms with Gasteiger partial charge in [-0.3, -0.25) is 23.7 Å². The van der Waals surface area contributed by atoms with Crippen LogP contribution < -0.4 is 16.0 Å². The van der Waals surface area contributed by atoms with Gasteiger partial charge in [-0.25, -0.2) is 9.79 Å². The zero-order valence-electron chi connectivity index (χ0n) is 21.3. The van der Waals surface area contributed by atoms with Crippen LogP contribution in [0.3, 0.4) is 0 Å². The molecule has 1 aliphatic rings. The van der Waals surface area contributed by atoms with Gasteiger partial charge in [0, 0.05) is 31.9 Å². The first-order chi connectivity index (χ1) is 19.3. The predicted octanol–water partition coefficient (Wildman–Crippen LogP) is 4.03. The van der Waals surface area contributed by atoms with Crippen molar-refractivity contribution in [3.63, 3.8) is 0 Å². The van der Waals surface area contributed by atoms with Gasteiger partial charge >= 0.3 is 18.0 Å². The summed E-state index contributed by atoms with van der Waals surface area (Å²) in [5, 5.41) is 0. The van der Waals surface area contributed by atoms with Crippen molar-refractivity contribution in [1.82, 2.24) is 14.1 Å². The number of halogens is 6. The molecule has 1 aliphatic heterocycles. The smallest absolute Gasteiger partial charge is 0.433 e. The molecule has 0 bridgehead atoms. The molecule has 218 valence electrons. The van der Waals surface area contributed by atoms with Gasteiger partial charge in [0.05, 0.1) is 17.7 Å². The molecule has 0 N–H and O–H groups in total. The topological polar surface area (TPSA) is 105 Å².